The number of halogens is 3. The number of benzene rings is 2. The van der Waals surface area contributed by atoms with Crippen molar-refractivity contribution in [2.45, 2.75) is 22.4 Å². The molecule has 3 rings (SSSR count). The highest BCUT2D eigenvalue weighted by Crippen LogP contribution is 2.46. The van der Waals surface area contributed by atoms with Gasteiger partial charge in [0.1, 0.15) is 6.10 Å². The number of aliphatic hydroxyl groups is 1. The molecule has 1 aliphatic heterocycles. The molecule has 0 aromatic heterocycles. The molecule has 0 spiro atoms. The van der Waals surface area contributed by atoms with Crippen molar-refractivity contribution in [3.8, 4) is 0 Å². The Hall–Kier alpha value is -2.03. The molecule has 0 aliphatic carbocycles. The number of rotatable bonds is 4. The summed E-state index contributed by atoms with van der Waals surface area (Å²) in [6.07, 6.45) is -5.80. The van der Waals surface area contributed by atoms with Crippen molar-refractivity contribution < 1.29 is 23.1 Å². The molecule has 2 aromatic rings. The van der Waals surface area contributed by atoms with Gasteiger partial charge in [-0.25, -0.2) is 0 Å². The molecule has 1 amide bonds. The van der Waals surface area contributed by atoms with Gasteiger partial charge in [0.05, 0.1) is 16.5 Å². The van der Waals surface area contributed by atoms with Crippen molar-refractivity contribution in [3.63, 3.8) is 0 Å². The Morgan fingerprint density at radius 1 is 1.11 bits per heavy atom. The van der Waals surface area contributed by atoms with Gasteiger partial charge in [-0.1, -0.05) is 24.3 Å². The molecular formula is C20H21F3N2O2S. The first-order valence-electron chi connectivity index (χ1n) is 8.75. The van der Waals surface area contributed by atoms with E-state index in [4.69, 9.17) is 0 Å². The van der Waals surface area contributed by atoms with Gasteiger partial charge in [0.25, 0.3) is 5.91 Å². The summed E-state index contributed by atoms with van der Waals surface area (Å²) in [5.74, 6) is -0.454. The Morgan fingerprint density at radius 2 is 1.75 bits per heavy atom. The van der Waals surface area contributed by atoms with Gasteiger partial charge < -0.3 is 14.9 Å². The van der Waals surface area contributed by atoms with Crippen LogP contribution in [-0.2, 0) is 11.0 Å². The molecule has 2 unspecified atom stereocenters. The summed E-state index contributed by atoms with van der Waals surface area (Å²) >= 11 is 1.29. The molecule has 0 saturated heterocycles. The van der Waals surface area contributed by atoms with Crippen LogP contribution < -0.4 is 4.90 Å². The topological polar surface area (TPSA) is 43.8 Å². The van der Waals surface area contributed by atoms with Crippen LogP contribution in [0, 0.1) is 0 Å². The van der Waals surface area contributed by atoms with Crippen LogP contribution in [0.5, 0.6) is 0 Å². The van der Waals surface area contributed by atoms with Crippen LogP contribution in [0.3, 0.4) is 0 Å². The largest absolute Gasteiger partial charge is 0.416 e. The SMILES string of the molecule is CN(C)CCN1C(=O)C(O)C(c2ccc(C(F)(F)F)cc2)Sc2ccccc21. The van der Waals surface area contributed by atoms with Crippen LogP contribution in [0.15, 0.2) is 53.4 Å². The molecule has 0 saturated carbocycles. The third-order valence-corrected chi connectivity index (χ3v) is 5.94. The van der Waals surface area contributed by atoms with Crippen LogP contribution in [0.2, 0.25) is 0 Å². The summed E-state index contributed by atoms with van der Waals surface area (Å²) in [6.45, 7) is 1.02. The van der Waals surface area contributed by atoms with E-state index in [1.54, 1.807) is 4.90 Å². The molecule has 2 aromatic carbocycles. The number of hydrogen-bond acceptors (Lipinski definition) is 4. The Labute approximate surface area is 165 Å². The molecule has 28 heavy (non-hydrogen) atoms. The highest BCUT2D eigenvalue weighted by atomic mass is 32.2. The number of likely N-dealkylation sites (N-methyl/N-ethyl adjacent to an activating group) is 1. The van der Waals surface area contributed by atoms with Crippen LogP contribution in [-0.4, -0.2) is 49.2 Å². The standard InChI is InChI=1S/C20H21F3N2O2S/c1-24(2)11-12-25-15-5-3-4-6-16(15)28-18(17(26)19(25)27)13-7-9-14(10-8-13)20(21,22)23/h3-10,17-18,26H,11-12H2,1-2H3. The van der Waals surface area contributed by atoms with Gasteiger partial charge in [-0.05, 0) is 43.9 Å². The number of fused-ring (bicyclic) bond motifs is 1. The van der Waals surface area contributed by atoms with E-state index in [9.17, 15) is 23.1 Å². The summed E-state index contributed by atoms with van der Waals surface area (Å²) in [5, 5.41) is 10.1. The Morgan fingerprint density at radius 3 is 2.36 bits per heavy atom. The number of amides is 1. The molecule has 1 aliphatic rings. The zero-order chi connectivity index (χ0) is 20.5. The van der Waals surface area contributed by atoms with Gasteiger partial charge in [0.2, 0.25) is 0 Å². The molecule has 2 atom stereocenters. The van der Waals surface area contributed by atoms with E-state index in [1.165, 1.54) is 23.9 Å². The van der Waals surface area contributed by atoms with Gasteiger partial charge >= 0.3 is 6.18 Å². The molecule has 0 fully saturated rings. The second kappa shape index (κ2) is 8.14. The fourth-order valence-corrected chi connectivity index (χ4v) is 4.30. The van der Waals surface area contributed by atoms with Crippen molar-refractivity contribution in [1.29, 1.82) is 0 Å². The van der Waals surface area contributed by atoms with Gasteiger partial charge in [0.15, 0.2) is 0 Å². The lowest BCUT2D eigenvalue weighted by Crippen LogP contribution is -2.43. The first-order chi connectivity index (χ1) is 13.2. The van der Waals surface area contributed by atoms with Crippen molar-refractivity contribution in [2.75, 3.05) is 32.1 Å². The minimum atomic E-state index is -4.43. The van der Waals surface area contributed by atoms with Crippen LogP contribution >= 0.6 is 11.8 Å². The van der Waals surface area contributed by atoms with Crippen LogP contribution in [0.1, 0.15) is 16.4 Å². The number of aliphatic hydroxyl groups excluding tert-OH is 1. The lowest BCUT2D eigenvalue weighted by Gasteiger charge is -2.26. The second-order valence-electron chi connectivity index (χ2n) is 6.86. The van der Waals surface area contributed by atoms with E-state index in [-0.39, 0.29) is 0 Å². The van der Waals surface area contributed by atoms with Crippen molar-refractivity contribution in [2.24, 2.45) is 0 Å². The van der Waals surface area contributed by atoms with Crippen LogP contribution in [0.25, 0.3) is 0 Å². The number of thioether (sulfide) groups is 1. The van der Waals surface area contributed by atoms with Gasteiger partial charge in [-0.15, -0.1) is 11.8 Å². The normalized spacial score (nSPS) is 20.2. The minimum absolute atomic E-state index is 0.403. The van der Waals surface area contributed by atoms with Crippen molar-refractivity contribution in [1.82, 2.24) is 4.90 Å². The maximum atomic E-state index is 13.0. The zero-order valence-electron chi connectivity index (χ0n) is 15.5. The van der Waals surface area contributed by atoms with E-state index >= 15 is 0 Å². The summed E-state index contributed by atoms with van der Waals surface area (Å²) in [7, 11) is 3.79. The predicted octanol–water partition coefficient (Wildman–Crippen LogP) is 3.81. The highest BCUT2D eigenvalue weighted by Gasteiger charge is 2.37. The Bertz CT molecular complexity index is 840. The van der Waals surface area contributed by atoms with Gasteiger partial charge in [0, 0.05) is 18.0 Å². The molecule has 0 bridgehead atoms. The molecule has 150 valence electrons. The average molecular weight is 410 g/mol. The summed E-state index contributed by atoms with van der Waals surface area (Å²) in [6, 6.07) is 11.9. The number of nitrogens with zero attached hydrogens (tertiary/aromatic N) is 2. The zero-order valence-corrected chi connectivity index (χ0v) is 16.3. The van der Waals surface area contributed by atoms with E-state index in [0.717, 1.165) is 17.0 Å². The third-order valence-electron chi connectivity index (χ3n) is 4.55. The summed E-state index contributed by atoms with van der Waals surface area (Å²) in [4.78, 5) is 17.3. The fourth-order valence-electron chi connectivity index (χ4n) is 3.03. The molecule has 1 N–H and O–H groups in total. The van der Waals surface area contributed by atoms with Gasteiger partial charge in [-0.3, -0.25) is 4.79 Å². The quantitative estimate of drug-likeness (QED) is 0.833. The Balaban J connectivity index is 1.96. The highest BCUT2D eigenvalue weighted by molar-refractivity contribution is 7.99. The maximum Gasteiger partial charge on any atom is 0.416 e. The summed E-state index contributed by atoms with van der Waals surface area (Å²) in [5.41, 5.74) is 0.416. The number of para-hydroxylation sites is 1. The molecule has 1 heterocycles. The first-order valence-corrected chi connectivity index (χ1v) is 9.63. The number of carbonyl (C=O) groups is 1. The van der Waals surface area contributed by atoms with E-state index < -0.39 is 29.0 Å². The Kier molecular flexibility index (Phi) is 6.02. The first kappa shape index (κ1) is 20.7. The van der Waals surface area contributed by atoms with E-state index in [1.807, 2.05) is 43.3 Å². The number of hydrogen-bond donors (Lipinski definition) is 1. The number of carbonyl (C=O) groups excluding carboxylic acids is 1. The van der Waals surface area contributed by atoms with Gasteiger partial charge in [-0.2, -0.15) is 13.2 Å². The predicted molar refractivity (Wildman–Crippen MR) is 103 cm³/mol. The monoisotopic (exact) mass is 410 g/mol. The fraction of sp³-hybridized carbons (Fsp3) is 0.350. The number of alkyl halides is 3. The number of anilines is 1. The summed E-state index contributed by atoms with van der Waals surface area (Å²) < 4.78 is 38.5. The van der Waals surface area contributed by atoms with E-state index in [2.05, 4.69) is 0 Å². The third kappa shape index (κ3) is 4.34. The lowest BCUT2D eigenvalue weighted by molar-refractivity contribution is -0.137. The molecule has 0 radical (unpaired) electrons. The maximum absolute atomic E-state index is 13.0. The molecular weight excluding hydrogens is 389 g/mol. The second-order valence-corrected chi connectivity index (χ2v) is 8.05. The lowest BCUT2D eigenvalue weighted by atomic mass is 10.0. The minimum Gasteiger partial charge on any atom is -0.382 e. The average Bonchev–Trinajstić information content (AvgIpc) is 2.75. The molecule has 8 heteroatoms. The smallest absolute Gasteiger partial charge is 0.382 e. The van der Waals surface area contributed by atoms with E-state index in [0.29, 0.717) is 24.3 Å². The molecule has 4 nitrogen and oxygen atoms in total. The van der Waals surface area contributed by atoms with Crippen molar-refractivity contribution >= 4 is 23.4 Å². The van der Waals surface area contributed by atoms with Crippen LogP contribution in [0.4, 0.5) is 18.9 Å². The van der Waals surface area contributed by atoms with Crippen molar-refractivity contribution in [3.05, 3.63) is 59.7 Å².